The zero-order valence-electron chi connectivity index (χ0n) is 10.9. The first-order valence-corrected chi connectivity index (χ1v) is 7.15. The van der Waals surface area contributed by atoms with Crippen molar-refractivity contribution in [3.8, 4) is 0 Å². The number of benzene rings is 1. The number of hydrogen-bond donors (Lipinski definition) is 0. The van der Waals surface area contributed by atoms with Gasteiger partial charge in [-0.3, -0.25) is 4.79 Å². The summed E-state index contributed by atoms with van der Waals surface area (Å²) in [6.07, 6.45) is 3.57. The fraction of sp³-hybridized carbons (Fsp3) is 0.533. The minimum atomic E-state index is 0.250. The summed E-state index contributed by atoms with van der Waals surface area (Å²) in [6, 6.07) is 8.62. The molecule has 0 N–H and O–H groups in total. The maximum Gasteiger partial charge on any atom is 0.223 e. The summed E-state index contributed by atoms with van der Waals surface area (Å²) < 4.78 is 0. The van der Waals surface area contributed by atoms with E-state index in [-0.39, 0.29) is 11.9 Å². The molecule has 1 atom stereocenters. The average molecular weight is 266 g/mol. The summed E-state index contributed by atoms with van der Waals surface area (Å²) in [7, 11) is 0. The van der Waals surface area contributed by atoms with E-state index < -0.39 is 0 Å². The van der Waals surface area contributed by atoms with E-state index in [2.05, 4.69) is 25.1 Å². The van der Waals surface area contributed by atoms with E-state index in [1.54, 1.807) is 0 Å². The first-order valence-electron chi connectivity index (χ1n) is 6.61. The molecule has 1 amide bonds. The summed E-state index contributed by atoms with van der Waals surface area (Å²) in [5, 5.41) is 0. The molecule has 0 aliphatic carbocycles. The molecule has 0 spiro atoms. The van der Waals surface area contributed by atoms with Crippen LogP contribution in [0.15, 0.2) is 24.3 Å². The van der Waals surface area contributed by atoms with Gasteiger partial charge in [0, 0.05) is 24.9 Å². The van der Waals surface area contributed by atoms with Gasteiger partial charge in [-0.1, -0.05) is 29.8 Å². The molecule has 1 aromatic rings. The molecule has 1 aliphatic rings. The lowest BCUT2D eigenvalue weighted by atomic mass is 10.1. The second-order valence-corrected chi connectivity index (χ2v) is 5.34. The number of amides is 1. The zero-order chi connectivity index (χ0) is 13.0. The molecule has 0 saturated carbocycles. The molecule has 2 rings (SSSR count). The van der Waals surface area contributed by atoms with Crippen LogP contribution in [0.3, 0.4) is 0 Å². The highest BCUT2D eigenvalue weighted by atomic mass is 35.5. The zero-order valence-corrected chi connectivity index (χ0v) is 11.6. The standard InChI is InChI=1S/C15H20ClNO/c1-12-4-2-5-13(10-12)7-8-15(18)17-9-3-6-14(17)11-16/h2,4-5,10,14H,3,6-9,11H2,1H3. The van der Waals surface area contributed by atoms with Gasteiger partial charge in [-0.25, -0.2) is 0 Å². The Bertz CT molecular complexity index is 419. The van der Waals surface area contributed by atoms with E-state index in [0.717, 1.165) is 25.8 Å². The fourth-order valence-electron chi connectivity index (χ4n) is 2.59. The van der Waals surface area contributed by atoms with E-state index in [4.69, 9.17) is 11.6 Å². The Morgan fingerprint density at radius 1 is 1.50 bits per heavy atom. The molecule has 1 aliphatic heterocycles. The van der Waals surface area contributed by atoms with Crippen molar-refractivity contribution in [3.05, 3.63) is 35.4 Å². The van der Waals surface area contributed by atoms with Crippen molar-refractivity contribution in [2.45, 2.75) is 38.6 Å². The minimum absolute atomic E-state index is 0.250. The van der Waals surface area contributed by atoms with Crippen LogP contribution in [0.2, 0.25) is 0 Å². The van der Waals surface area contributed by atoms with Crippen LogP contribution in [0.4, 0.5) is 0 Å². The molecule has 3 heteroatoms. The van der Waals surface area contributed by atoms with Crippen LogP contribution in [0.25, 0.3) is 0 Å². The van der Waals surface area contributed by atoms with Gasteiger partial charge >= 0.3 is 0 Å². The van der Waals surface area contributed by atoms with Crippen molar-refractivity contribution in [1.82, 2.24) is 4.90 Å². The molecule has 1 unspecified atom stereocenters. The molecule has 2 nitrogen and oxygen atoms in total. The lowest BCUT2D eigenvalue weighted by molar-refractivity contribution is -0.131. The Morgan fingerprint density at radius 3 is 3.06 bits per heavy atom. The van der Waals surface area contributed by atoms with Crippen molar-refractivity contribution < 1.29 is 4.79 Å². The van der Waals surface area contributed by atoms with Crippen LogP contribution in [0.5, 0.6) is 0 Å². The third-order valence-corrected chi connectivity index (χ3v) is 3.94. The Morgan fingerprint density at radius 2 is 2.33 bits per heavy atom. The summed E-state index contributed by atoms with van der Waals surface area (Å²) >= 11 is 5.89. The van der Waals surface area contributed by atoms with Gasteiger partial charge in [0.1, 0.15) is 0 Å². The summed E-state index contributed by atoms with van der Waals surface area (Å²) in [5.41, 5.74) is 2.49. The van der Waals surface area contributed by atoms with Gasteiger partial charge in [-0.2, -0.15) is 0 Å². The van der Waals surface area contributed by atoms with Gasteiger partial charge in [-0.15, -0.1) is 11.6 Å². The normalized spacial score (nSPS) is 19.2. The van der Waals surface area contributed by atoms with E-state index >= 15 is 0 Å². The first kappa shape index (κ1) is 13.4. The van der Waals surface area contributed by atoms with Crippen LogP contribution in [0, 0.1) is 6.92 Å². The number of halogens is 1. The Hall–Kier alpha value is -1.02. The molecule has 18 heavy (non-hydrogen) atoms. The molecule has 0 radical (unpaired) electrons. The largest absolute Gasteiger partial charge is 0.339 e. The molecule has 98 valence electrons. The Kier molecular flexibility index (Phi) is 4.65. The summed E-state index contributed by atoms with van der Waals surface area (Å²) in [4.78, 5) is 14.1. The number of carbonyl (C=O) groups is 1. The lowest BCUT2D eigenvalue weighted by Gasteiger charge is -2.22. The number of alkyl halides is 1. The number of aryl methyl sites for hydroxylation is 2. The topological polar surface area (TPSA) is 20.3 Å². The van der Waals surface area contributed by atoms with Gasteiger partial charge in [-0.05, 0) is 31.7 Å². The fourth-order valence-corrected chi connectivity index (χ4v) is 2.91. The maximum atomic E-state index is 12.1. The predicted molar refractivity (Wildman–Crippen MR) is 75.0 cm³/mol. The van der Waals surface area contributed by atoms with Crippen LogP contribution < -0.4 is 0 Å². The number of hydrogen-bond acceptors (Lipinski definition) is 1. The lowest BCUT2D eigenvalue weighted by Crippen LogP contribution is -2.36. The smallest absolute Gasteiger partial charge is 0.223 e. The molecule has 1 heterocycles. The Labute approximate surface area is 114 Å². The molecule has 1 fully saturated rings. The number of likely N-dealkylation sites (tertiary alicyclic amines) is 1. The van der Waals surface area contributed by atoms with Crippen LogP contribution in [0.1, 0.15) is 30.4 Å². The SMILES string of the molecule is Cc1cccc(CCC(=O)N2CCCC2CCl)c1. The second kappa shape index (κ2) is 6.24. The van der Waals surface area contributed by atoms with Gasteiger partial charge in [0.15, 0.2) is 0 Å². The number of carbonyl (C=O) groups excluding carboxylic acids is 1. The second-order valence-electron chi connectivity index (χ2n) is 5.03. The van der Waals surface area contributed by atoms with Crippen molar-refractivity contribution in [2.24, 2.45) is 0 Å². The highest BCUT2D eigenvalue weighted by molar-refractivity contribution is 6.18. The molecule has 1 aromatic carbocycles. The summed E-state index contributed by atoms with van der Waals surface area (Å²) in [5.74, 6) is 0.815. The third kappa shape index (κ3) is 3.26. The monoisotopic (exact) mass is 265 g/mol. The maximum absolute atomic E-state index is 12.1. The third-order valence-electron chi connectivity index (χ3n) is 3.59. The van der Waals surface area contributed by atoms with Crippen molar-refractivity contribution in [3.63, 3.8) is 0 Å². The molecular weight excluding hydrogens is 246 g/mol. The molecule has 0 aromatic heterocycles. The predicted octanol–water partition coefficient (Wildman–Crippen LogP) is 3.16. The van der Waals surface area contributed by atoms with Crippen LogP contribution in [-0.4, -0.2) is 29.3 Å². The molecule has 1 saturated heterocycles. The van der Waals surface area contributed by atoms with E-state index in [1.165, 1.54) is 11.1 Å². The number of rotatable bonds is 4. The minimum Gasteiger partial charge on any atom is -0.339 e. The van der Waals surface area contributed by atoms with Gasteiger partial charge in [0.2, 0.25) is 5.91 Å². The van der Waals surface area contributed by atoms with Crippen molar-refractivity contribution in [1.29, 1.82) is 0 Å². The van der Waals surface area contributed by atoms with Crippen molar-refractivity contribution in [2.75, 3.05) is 12.4 Å². The molecule has 0 bridgehead atoms. The number of nitrogens with zero attached hydrogens (tertiary/aromatic N) is 1. The van der Waals surface area contributed by atoms with E-state index in [9.17, 15) is 4.79 Å². The van der Waals surface area contributed by atoms with Crippen LogP contribution >= 0.6 is 11.6 Å². The Balaban J connectivity index is 1.88. The van der Waals surface area contributed by atoms with E-state index in [1.807, 2.05) is 11.0 Å². The summed E-state index contributed by atoms with van der Waals surface area (Å²) in [6.45, 7) is 2.96. The van der Waals surface area contributed by atoms with Crippen molar-refractivity contribution >= 4 is 17.5 Å². The van der Waals surface area contributed by atoms with Gasteiger partial charge in [0.25, 0.3) is 0 Å². The molecular formula is C15H20ClNO. The van der Waals surface area contributed by atoms with E-state index in [0.29, 0.717) is 12.3 Å². The highest BCUT2D eigenvalue weighted by Crippen LogP contribution is 2.20. The quantitative estimate of drug-likeness (QED) is 0.766. The van der Waals surface area contributed by atoms with Crippen LogP contribution in [-0.2, 0) is 11.2 Å². The average Bonchev–Trinajstić information content (AvgIpc) is 2.84. The first-order chi connectivity index (χ1) is 8.70. The van der Waals surface area contributed by atoms with Gasteiger partial charge in [0.05, 0.1) is 0 Å². The van der Waals surface area contributed by atoms with Gasteiger partial charge < -0.3 is 4.90 Å². The highest BCUT2D eigenvalue weighted by Gasteiger charge is 2.27.